The first-order chi connectivity index (χ1) is 17.4. The van der Waals surface area contributed by atoms with Crippen LogP contribution in [0.5, 0.6) is 11.5 Å². The molecule has 1 saturated carbocycles. The SMILES string of the molecule is COc1ccc2c(c1)[C@@H](OC(=O)c1cn(CC(C)C)c(=O)c3ccccc13)CC1(CCCCCC1)O2. The number of methoxy groups -OCH3 is 1. The lowest BCUT2D eigenvalue weighted by molar-refractivity contribution is -0.0392. The van der Waals surface area contributed by atoms with Crippen LogP contribution in [0, 0.1) is 5.92 Å². The second-order valence-electron chi connectivity index (χ2n) is 10.6. The zero-order valence-electron chi connectivity index (χ0n) is 21.4. The van der Waals surface area contributed by atoms with Gasteiger partial charge in [0.05, 0.1) is 12.7 Å². The Labute approximate surface area is 212 Å². The van der Waals surface area contributed by atoms with Crippen LogP contribution < -0.4 is 15.0 Å². The zero-order chi connectivity index (χ0) is 25.3. The number of nitrogens with zero attached hydrogens (tertiary/aromatic N) is 1. The second kappa shape index (κ2) is 10.00. The highest BCUT2D eigenvalue weighted by atomic mass is 16.6. The van der Waals surface area contributed by atoms with Crippen molar-refractivity contribution in [3.63, 3.8) is 0 Å². The number of hydrogen-bond donors (Lipinski definition) is 0. The molecule has 0 N–H and O–H groups in total. The second-order valence-corrected chi connectivity index (χ2v) is 10.6. The van der Waals surface area contributed by atoms with E-state index < -0.39 is 12.1 Å². The molecule has 0 unspecified atom stereocenters. The number of aromatic nitrogens is 1. The van der Waals surface area contributed by atoms with E-state index in [9.17, 15) is 9.59 Å². The lowest BCUT2D eigenvalue weighted by atomic mass is 9.83. The normalized spacial score (nSPS) is 18.9. The Bertz CT molecular complexity index is 1320. The summed E-state index contributed by atoms with van der Waals surface area (Å²) in [5.74, 6) is 1.30. The molecule has 0 amide bonds. The summed E-state index contributed by atoms with van der Waals surface area (Å²) in [6, 6.07) is 13.0. The van der Waals surface area contributed by atoms with Crippen LogP contribution in [-0.2, 0) is 11.3 Å². The van der Waals surface area contributed by atoms with Crippen molar-refractivity contribution in [1.29, 1.82) is 0 Å². The molecule has 36 heavy (non-hydrogen) atoms. The van der Waals surface area contributed by atoms with Gasteiger partial charge in [0.2, 0.25) is 0 Å². The Morgan fingerprint density at radius 3 is 2.50 bits per heavy atom. The highest BCUT2D eigenvalue weighted by Gasteiger charge is 2.43. The highest BCUT2D eigenvalue weighted by Crippen LogP contribution is 2.48. The number of rotatable bonds is 5. The standard InChI is InChI=1S/C30H35NO5/c1-20(2)18-31-19-25(22-10-6-7-11-23(22)28(31)32)29(33)35-27-17-30(14-8-4-5-9-15-30)36-26-13-12-21(34-3)16-24(26)27/h6-7,10-13,16,19-20,27H,4-5,8-9,14-15,17-18H2,1-3H3/t27-/m0/s1. The van der Waals surface area contributed by atoms with Crippen molar-refractivity contribution in [2.45, 2.75) is 77.0 Å². The molecule has 1 aliphatic heterocycles. The minimum atomic E-state index is -0.460. The van der Waals surface area contributed by atoms with E-state index in [1.807, 2.05) is 36.4 Å². The van der Waals surface area contributed by atoms with Crippen molar-refractivity contribution < 1.29 is 19.0 Å². The molecule has 1 atom stereocenters. The number of ether oxygens (including phenoxy) is 3. The van der Waals surface area contributed by atoms with Gasteiger partial charge in [-0.3, -0.25) is 4.79 Å². The molecule has 2 heterocycles. The predicted octanol–water partition coefficient (Wildman–Crippen LogP) is 6.44. The maximum absolute atomic E-state index is 13.8. The Kier molecular flexibility index (Phi) is 6.78. The largest absolute Gasteiger partial charge is 0.497 e. The molecule has 0 saturated heterocycles. The number of fused-ring (bicyclic) bond motifs is 2. The summed E-state index contributed by atoms with van der Waals surface area (Å²) in [7, 11) is 1.63. The van der Waals surface area contributed by atoms with Crippen molar-refractivity contribution in [2.75, 3.05) is 7.11 Å². The fourth-order valence-corrected chi connectivity index (χ4v) is 5.73. The van der Waals surface area contributed by atoms with Crippen LogP contribution in [0.4, 0.5) is 0 Å². The lowest BCUT2D eigenvalue weighted by Gasteiger charge is -2.41. The summed E-state index contributed by atoms with van der Waals surface area (Å²) in [5, 5.41) is 1.15. The first kappa shape index (κ1) is 24.4. The van der Waals surface area contributed by atoms with Gasteiger partial charge < -0.3 is 18.8 Å². The third-order valence-corrected chi connectivity index (χ3v) is 7.49. The highest BCUT2D eigenvalue weighted by molar-refractivity contribution is 6.04. The average Bonchev–Trinajstić information content (AvgIpc) is 3.10. The maximum atomic E-state index is 13.8. The number of carbonyl (C=O) groups is 1. The number of pyridine rings is 1. The first-order valence-electron chi connectivity index (χ1n) is 13.1. The van der Waals surface area contributed by atoms with Gasteiger partial charge in [-0.25, -0.2) is 4.79 Å². The van der Waals surface area contributed by atoms with E-state index in [2.05, 4.69) is 13.8 Å². The van der Waals surface area contributed by atoms with Crippen molar-refractivity contribution >= 4 is 16.7 Å². The van der Waals surface area contributed by atoms with E-state index in [1.165, 1.54) is 12.8 Å². The average molecular weight is 490 g/mol. The summed E-state index contributed by atoms with van der Waals surface area (Å²) >= 11 is 0. The molecule has 2 aromatic carbocycles. The first-order valence-corrected chi connectivity index (χ1v) is 13.1. The number of carbonyl (C=O) groups excluding carboxylic acids is 1. The van der Waals surface area contributed by atoms with Gasteiger partial charge in [0.25, 0.3) is 5.56 Å². The summed E-state index contributed by atoms with van der Waals surface area (Å²) < 4.78 is 20.0. The lowest BCUT2D eigenvalue weighted by Crippen LogP contribution is -2.41. The number of benzene rings is 2. The molecule has 6 heteroatoms. The molecule has 1 fully saturated rings. The van der Waals surface area contributed by atoms with Gasteiger partial charge in [-0.15, -0.1) is 0 Å². The van der Waals surface area contributed by atoms with Crippen LogP contribution in [0.2, 0.25) is 0 Å². The van der Waals surface area contributed by atoms with E-state index in [0.29, 0.717) is 35.1 Å². The Morgan fingerprint density at radius 1 is 1.08 bits per heavy atom. The van der Waals surface area contributed by atoms with E-state index in [0.717, 1.165) is 37.0 Å². The van der Waals surface area contributed by atoms with Gasteiger partial charge in [-0.05, 0) is 55.9 Å². The van der Waals surface area contributed by atoms with Crippen LogP contribution in [0.3, 0.4) is 0 Å². The van der Waals surface area contributed by atoms with Gasteiger partial charge in [0.1, 0.15) is 23.2 Å². The quantitative estimate of drug-likeness (QED) is 0.386. The van der Waals surface area contributed by atoms with E-state index in [-0.39, 0.29) is 17.1 Å². The van der Waals surface area contributed by atoms with Crippen LogP contribution in [0.25, 0.3) is 10.8 Å². The van der Waals surface area contributed by atoms with E-state index in [4.69, 9.17) is 14.2 Å². The summed E-state index contributed by atoms with van der Waals surface area (Å²) in [6.07, 6.45) is 8.35. The van der Waals surface area contributed by atoms with Crippen molar-refractivity contribution in [2.24, 2.45) is 5.92 Å². The van der Waals surface area contributed by atoms with Crippen LogP contribution in [-0.4, -0.2) is 23.2 Å². The predicted molar refractivity (Wildman–Crippen MR) is 140 cm³/mol. The molecular weight excluding hydrogens is 454 g/mol. The fraction of sp³-hybridized carbons (Fsp3) is 0.467. The van der Waals surface area contributed by atoms with Crippen LogP contribution in [0.15, 0.2) is 53.5 Å². The molecule has 3 aromatic rings. The summed E-state index contributed by atoms with van der Waals surface area (Å²) in [4.78, 5) is 26.8. The Hall–Kier alpha value is -3.28. The fourth-order valence-electron chi connectivity index (χ4n) is 5.73. The van der Waals surface area contributed by atoms with E-state index >= 15 is 0 Å². The minimum Gasteiger partial charge on any atom is -0.497 e. The topological polar surface area (TPSA) is 66.8 Å². The smallest absolute Gasteiger partial charge is 0.340 e. The Morgan fingerprint density at radius 2 is 1.81 bits per heavy atom. The summed E-state index contributed by atoms with van der Waals surface area (Å²) in [6.45, 7) is 4.64. The van der Waals surface area contributed by atoms with Gasteiger partial charge in [-0.2, -0.15) is 0 Å². The molecule has 1 spiro atoms. The molecule has 0 radical (unpaired) electrons. The molecule has 190 valence electrons. The third kappa shape index (κ3) is 4.73. The van der Waals surface area contributed by atoms with E-state index in [1.54, 1.807) is 23.9 Å². The van der Waals surface area contributed by atoms with Crippen molar-refractivity contribution in [1.82, 2.24) is 4.57 Å². The van der Waals surface area contributed by atoms with Gasteiger partial charge in [0.15, 0.2) is 0 Å². The molecule has 1 aliphatic carbocycles. The molecule has 2 aliphatic rings. The molecule has 0 bridgehead atoms. The zero-order valence-corrected chi connectivity index (χ0v) is 21.4. The van der Waals surface area contributed by atoms with Crippen LogP contribution in [0.1, 0.15) is 80.8 Å². The number of hydrogen-bond acceptors (Lipinski definition) is 5. The van der Waals surface area contributed by atoms with Crippen LogP contribution >= 0.6 is 0 Å². The van der Waals surface area contributed by atoms with Gasteiger partial charge in [0, 0.05) is 35.5 Å². The monoisotopic (exact) mass is 489 g/mol. The van der Waals surface area contributed by atoms with Gasteiger partial charge >= 0.3 is 5.97 Å². The number of esters is 1. The molecule has 6 nitrogen and oxygen atoms in total. The van der Waals surface area contributed by atoms with Gasteiger partial charge in [-0.1, -0.05) is 44.9 Å². The van der Waals surface area contributed by atoms with Crippen molar-refractivity contribution in [3.05, 3.63) is 70.1 Å². The van der Waals surface area contributed by atoms with Crippen molar-refractivity contribution in [3.8, 4) is 11.5 Å². The minimum absolute atomic E-state index is 0.0885. The maximum Gasteiger partial charge on any atom is 0.340 e. The Balaban J connectivity index is 1.55. The molecule has 1 aromatic heterocycles. The third-order valence-electron chi connectivity index (χ3n) is 7.49. The summed E-state index contributed by atoms with van der Waals surface area (Å²) in [5.41, 5.74) is 0.824. The molecular formula is C30H35NO5. The molecule has 5 rings (SSSR count).